The third kappa shape index (κ3) is 4.28. The average Bonchev–Trinajstić information content (AvgIpc) is 3.16. The molecule has 2 fully saturated rings. The van der Waals surface area contributed by atoms with E-state index in [4.69, 9.17) is 10.6 Å². The minimum Gasteiger partial charge on any atom is -0.503 e. The summed E-state index contributed by atoms with van der Waals surface area (Å²) in [6.07, 6.45) is 2.24. The van der Waals surface area contributed by atoms with Crippen LogP contribution in [0.5, 0.6) is 5.75 Å². The average molecular weight is 571 g/mol. The highest BCUT2D eigenvalue weighted by Crippen LogP contribution is 2.49. The number of aromatic nitrogens is 1. The first kappa shape index (κ1) is 27.1. The van der Waals surface area contributed by atoms with Crippen LogP contribution in [-0.4, -0.2) is 69.7 Å². The predicted octanol–water partition coefficient (Wildman–Crippen LogP) is 1.20. The van der Waals surface area contributed by atoms with E-state index in [-0.39, 0.29) is 19.4 Å². The maximum absolute atomic E-state index is 14.5. The Bertz CT molecular complexity index is 1560. The lowest BCUT2D eigenvalue weighted by atomic mass is 9.85. The topological polar surface area (TPSA) is 152 Å². The van der Waals surface area contributed by atoms with E-state index >= 15 is 0 Å². The van der Waals surface area contributed by atoms with Crippen molar-refractivity contribution in [2.45, 2.75) is 55.8 Å². The smallest absolute Gasteiger partial charge is 0.274 e. The lowest BCUT2D eigenvalue weighted by Gasteiger charge is -2.42. The molecule has 4 atom stereocenters. The zero-order valence-corrected chi connectivity index (χ0v) is 21.7. The molecule has 39 heavy (non-hydrogen) atoms. The minimum atomic E-state index is -3.94. The Morgan fingerprint density at radius 2 is 1.87 bits per heavy atom. The van der Waals surface area contributed by atoms with E-state index in [2.05, 4.69) is 0 Å². The van der Waals surface area contributed by atoms with E-state index < -0.39 is 96.7 Å². The number of nitrogens with two attached hydrogens (primary N) is 1. The molecule has 5 rings (SSSR count). The van der Waals surface area contributed by atoms with Crippen LogP contribution in [0.4, 0.5) is 13.2 Å². The van der Waals surface area contributed by atoms with Crippen LogP contribution in [0.1, 0.15) is 58.6 Å². The lowest BCUT2D eigenvalue weighted by Crippen LogP contribution is -2.52. The van der Waals surface area contributed by atoms with Gasteiger partial charge in [0.25, 0.3) is 11.8 Å². The zero-order valence-electron chi connectivity index (χ0n) is 20.9. The second kappa shape index (κ2) is 9.06. The summed E-state index contributed by atoms with van der Waals surface area (Å²) in [4.78, 5) is 45.5. The predicted molar refractivity (Wildman–Crippen MR) is 129 cm³/mol. The van der Waals surface area contributed by atoms with Crippen molar-refractivity contribution in [2.75, 3.05) is 12.8 Å². The van der Waals surface area contributed by atoms with Gasteiger partial charge < -0.3 is 20.3 Å². The van der Waals surface area contributed by atoms with Crippen molar-refractivity contribution in [3.63, 3.8) is 0 Å². The summed E-state index contributed by atoms with van der Waals surface area (Å²) < 4.78 is 69.5. The van der Waals surface area contributed by atoms with Crippen molar-refractivity contribution < 1.29 is 41.1 Å². The molecule has 3 aliphatic rings. The van der Waals surface area contributed by atoms with Crippen LogP contribution in [0.2, 0.25) is 0 Å². The molecular weight excluding hydrogens is 545 g/mol. The summed E-state index contributed by atoms with van der Waals surface area (Å²) in [5.41, 5.74) is 1.17. The molecule has 1 spiro atoms. The van der Waals surface area contributed by atoms with Crippen molar-refractivity contribution in [2.24, 2.45) is 5.73 Å². The van der Waals surface area contributed by atoms with Gasteiger partial charge in [0.1, 0.15) is 34.0 Å². The van der Waals surface area contributed by atoms with Crippen molar-refractivity contribution in [3.05, 3.63) is 62.8 Å². The Balaban J connectivity index is 1.67. The molecule has 0 aliphatic carbocycles. The molecule has 2 saturated heterocycles. The number of hydrogen-bond acceptors (Lipinski definition) is 8. The number of benzene rings is 1. The number of hydrogen-bond donors (Lipinski definition) is 2. The molecule has 0 saturated carbocycles. The lowest BCUT2D eigenvalue weighted by molar-refractivity contribution is -0.221. The number of amides is 2. The van der Waals surface area contributed by atoms with Crippen LogP contribution in [0.25, 0.3) is 0 Å². The summed E-state index contributed by atoms with van der Waals surface area (Å²) in [7, 11) is -3.94. The van der Waals surface area contributed by atoms with Crippen LogP contribution < -0.4 is 11.2 Å². The van der Waals surface area contributed by atoms with E-state index in [9.17, 15) is 41.1 Å². The van der Waals surface area contributed by atoms with Gasteiger partial charge in [-0.1, -0.05) is 0 Å². The highest BCUT2D eigenvalue weighted by molar-refractivity contribution is 7.91. The summed E-state index contributed by atoms with van der Waals surface area (Å²) in [6.45, 7) is 1.01. The van der Waals surface area contributed by atoms with Crippen molar-refractivity contribution in [1.82, 2.24) is 14.5 Å². The molecule has 4 heterocycles. The van der Waals surface area contributed by atoms with Gasteiger partial charge in [-0.2, -0.15) is 5.06 Å². The normalized spacial score (nSPS) is 27.1. The Morgan fingerprint density at radius 1 is 1.23 bits per heavy atom. The number of carbonyl (C=O) groups excluding carboxylic acids is 2. The van der Waals surface area contributed by atoms with Gasteiger partial charge in [0.15, 0.2) is 21.3 Å². The standard InChI is InChI=1S/C24H25F3N4O7S/c1-11-3-4-24(17-10-29(11)23(35)19-21(33)20(32)14(22(28)34)8-30(17)19)7-18(39(2,36)37)31(38-24)9-13-15(26)5-12(25)6-16(13)27/h5-6,8,11,17-18,33H,3-4,7,9-10H2,1-2H3,(H2,28,34)/t11-,17+,18?,24-/m0/s1. The number of aromatic hydroxyl groups is 1. The minimum absolute atomic E-state index is 0.0445. The van der Waals surface area contributed by atoms with Gasteiger partial charge in [-0.15, -0.1) is 0 Å². The summed E-state index contributed by atoms with van der Waals surface area (Å²) in [5, 5.41) is 10.2. The quantitative estimate of drug-likeness (QED) is 0.556. The molecule has 0 radical (unpaired) electrons. The molecule has 1 unspecified atom stereocenters. The Morgan fingerprint density at radius 3 is 2.46 bits per heavy atom. The number of halogens is 3. The van der Waals surface area contributed by atoms with Gasteiger partial charge in [-0.3, -0.25) is 19.2 Å². The molecule has 15 heteroatoms. The molecule has 2 amide bonds. The number of pyridine rings is 1. The van der Waals surface area contributed by atoms with Crippen LogP contribution in [0, 0.1) is 17.5 Å². The molecule has 1 aromatic heterocycles. The number of hydroxylamine groups is 2. The Hall–Kier alpha value is -3.43. The second-order valence-electron chi connectivity index (χ2n) is 10.3. The highest BCUT2D eigenvalue weighted by atomic mass is 32.2. The van der Waals surface area contributed by atoms with E-state index in [1.54, 1.807) is 6.92 Å². The number of primary amides is 1. The molecular formula is C24H25F3N4O7S. The van der Waals surface area contributed by atoms with Crippen LogP contribution >= 0.6 is 0 Å². The van der Waals surface area contributed by atoms with Gasteiger partial charge in [0.05, 0.1) is 12.6 Å². The fraction of sp³-hybridized carbons (Fsp3) is 0.458. The first-order valence-electron chi connectivity index (χ1n) is 12.0. The molecule has 11 nitrogen and oxygen atoms in total. The van der Waals surface area contributed by atoms with Gasteiger partial charge >= 0.3 is 0 Å². The zero-order chi connectivity index (χ0) is 28.6. The van der Waals surface area contributed by atoms with E-state index in [0.717, 1.165) is 17.5 Å². The van der Waals surface area contributed by atoms with Crippen LogP contribution in [0.3, 0.4) is 0 Å². The van der Waals surface area contributed by atoms with Crippen LogP contribution in [0.15, 0.2) is 23.1 Å². The summed E-state index contributed by atoms with van der Waals surface area (Å²) >= 11 is 0. The Kier molecular flexibility index (Phi) is 6.31. The van der Waals surface area contributed by atoms with Crippen molar-refractivity contribution in [3.8, 4) is 5.75 Å². The number of rotatable bonds is 4. The fourth-order valence-electron chi connectivity index (χ4n) is 5.77. The molecule has 3 N–H and O–H groups in total. The molecule has 1 aromatic carbocycles. The largest absolute Gasteiger partial charge is 0.503 e. The number of nitrogens with zero attached hydrogens (tertiary/aromatic N) is 3. The van der Waals surface area contributed by atoms with Gasteiger partial charge in [0, 0.05) is 49.2 Å². The van der Waals surface area contributed by atoms with E-state index in [1.807, 2.05) is 0 Å². The number of sulfone groups is 1. The molecule has 210 valence electrons. The van der Waals surface area contributed by atoms with Crippen molar-refractivity contribution in [1.29, 1.82) is 0 Å². The maximum Gasteiger partial charge on any atom is 0.274 e. The second-order valence-corrected chi connectivity index (χ2v) is 12.5. The van der Waals surface area contributed by atoms with Crippen LogP contribution in [-0.2, 0) is 21.2 Å². The monoisotopic (exact) mass is 570 g/mol. The summed E-state index contributed by atoms with van der Waals surface area (Å²) in [5.74, 6) is -6.42. The Labute approximate surface area is 220 Å². The number of fused-ring (bicyclic) bond motifs is 5. The highest BCUT2D eigenvalue weighted by Gasteiger charge is 2.58. The molecule has 2 aromatic rings. The SMILES string of the molecule is C[C@H]1CC[C@]2(CC(S(C)(=O)=O)N(Cc3c(F)cc(F)cc3F)O2)[C@H]2CN1C(=O)c1c(O)c(=O)c(C(N)=O)cn12. The van der Waals surface area contributed by atoms with Gasteiger partial charge in [0.2, 0.25) is 5.43 Å². The van der Waals surface area contributed by atoms with Gasteiger partial charge in [-0.25, -0.2) is 21.6 Å². The first-order chi connectivity index (χ1) is 18.1. The number of carbonyl (C=O) groups is 2. The van der Waals surface area contributed by atoms with E-state index in [0.29, 0.717) is 18.6 Å². The third-order valence-corrected chi connectivity index (χ3v) is 9.21. The van der Waals surface area contributed by atoms with Crippen molar-refractivity contribution >= 4 is 21.7 Å². The molecule has 2 bridgehead atoms. The van der Waals surface area contributed by atoms with Gasteiger partial charge in [-0.05, 0) is 19.8 Å². The summed E-state index contributed by atoms with van der Waals surface area (Å²) in [6, 6.07) is -0.409. The fourth-order valence-corrected chi connectivity index (χ4v) is 6.90. The molecule has 3 aliphatic heterocycles. The first-order valence-corrected chi connectivity index (χ1v) is 14.0. The third-order valence-electron chi connectivity index (χ3n) is 7.82. The maximum atomic E-state index is 14.5. The van der Waals surface area contributed by atoms with E-state index in [1.165, 1.54) is 9.47 Å².